The van der Waals surface area contributed by atoms with E-state index in [1.54, 1.807) is 18.5 Å². The molecule has 2 aromatic heterocycles. The maximum atomic E-state index is 12.1. The molecule has 0 saturated carbocycles. The van der Waals surface area contributed by atoms with Crippen molar-refractivity contribution in [3.63, 3.8) is 0 Å². The number of hydrogen-bond acceptors (Lipinski definition) is 6. The van der Waals surface area contributed by atoms with Crippen LogP contribution in [0.4, 0.5) is 17.3 Å². The van der Waals surface area contributed by atoms with E-state index in [1.165, 1.54) is 0 Å². The van der Waals surface area contributed by atoms with E-state index in [4.69, 9.17) is 0 Å². The van der Waals surface area contributed by atoms with Crippen molar-refractivity contribution in [1.29, 1.82) is 0 Å². The van der Waals surface area contributed by atoms with E-state index in [-0.39, 0.29) is 5.91 Å². The first-order valence-electron chi connectivity index (χ1n) is 8.00. The van der Waals surface area contributed by atoms with Crippen LogP contribution in [0.25, 0.3) is 0 Å². The lowest BCUT2D eigenvalue weighted by atomic mass is 10.2. The molecule has 0 aliphatic heterocycles. The van der Waals surface area contributed by atoms with Gasteiger partial charge in [0.1, 0.15) is 5.82 Å². The highest BCUT2D eigenvalue weighted by atomic mass is 79.9. The summed E-state index contributed by atoms with van der Waals surface area (Å²) >= 11 is 3.37. The van der Waals surface area contributed by atoms with Crippen LogP contribution in [-0.2, 0) is 0 Å². The van der Waals surface area contributed by atoms with Gasteiger partial charge in [0, 0.05) is 23.8 Å². The maximum Gasteiger partial charge on any atom is 0.252 e. The van der Waals surface area contributed by atoms with Gasteiger partial charge in [0.15, 0.2) is 5.82 Å². The fourth-order valence-electron chi connectivity index (χ4n) is 2.18. The van der Waals surface area contributed by atoms with Gasteiger partial charge >= 0.3 is 0 Å². The quantitative estimate of drug-likeness (QED) is 0.516. The third kappa shape index (κ3) is 5.00. The lowest BCUT2D eigenvalue weighted by Crippen LogP contribution is -2.29. The van der Waals surface area contributed by atoms with Crippen molar-refractivity contribution in [2.75, 3.05) is 23.7 Å². The van der Waals surface area contributed by atoms with Gasteiger partial charge in [-0.25, -0.2) is 0 Å². The van der Waals surface area contributed by atoms with Crippen LogP contribution in [0, 0.1) is 0 Å². The molecular formula is C18H17BrN6O. The molecule has 1 aromatic carbocycles. The molecule has 0 aliphatic rings. The Labute approximate surface area is 159 Å². The van der Waals surface area contributed by atoms with Crippen molar-refractivity contribution in [1.82, 2.24) is 20.5 Å². The van der Waals surface area contributed by atoms with Crippen LogP contribution in [0.3, 0.4) is 0 Å². The standard InChI is InChI=1S/C18H17BrN6O/c19-15-6-2-1-5-14(15)18(26)22-11-10-21-16-7-8-17(25-24-16)23-13-4-3-9-20-12-13/h1-9,12H,10-11H2,(H,21,24)(H,22,26)(H,23,25). The lowest BCUT2D eigenvalue weighted by Gasteiger charge is -2.09. The van der Waals surface area contributed by atoms with Crippen LogP contribution < -0.4 is 16.0 Å². The zero-order valence-corrected chi connectivity index (χ0v) is 15.4. The molecule has 0 bridgehead atoms. The van der Waals surface area contributed by atoms with E-state index in [9.17, 15) is 4.79 Å². The molecule has 0 fully saturated rings. The second kappa shape index (κ2) is 8.91. The van der Waals surface area contributed by atoms with Gasteiger partial charge in [0.05, 0.1) is 17.4 Å². The van der Waals surface area contributed by atoms with Gasteiger partial charge in [-0.15, -0.1) is 10.2 Å². The number of nitrogens with one attached hydrogen (secondary N) is 3. The van der Waals surface area contributed by atoms with E-state index >= 15 is 0 Å². The average molecular weight is 413 g/mol. The van der Waals surface area contributed by atoms with Crippen LogP contribution in [-0.4, -0.2) is 34.2 Å². The summed E-state index contributed by atoms with van der Waals surface area (Å²) in [4.78, 5) is 16.1. The molecule has 8 heteroatoms. The summed E-state index contributed by atoms with van der Waals surface area (Å²) in [6.07, 6.45) is 3.42. The van der Waals surface area contributed by atoms with E-state index in [2.05, 4.69) is 47.1 Å². The van der Waals surface area contributed by atoms with Crippen LogP contribution in [0.5, 0.6) is 0 Å². The zero-order chi connectivity index (χ0) is 18.2. The molecule has 26 heavy (non-hydrogen) atoms. The fourth-order valence-corrected chi connectivity index (χ4v) is 2.65. The maximum absolute atomic E-state index is 12.1. The molecular weight excluding hydrogens is 396 g/mol. The summed E-state index contributed by atoms with van der Waals surface area (Å²) in [6.45, 7) is 1.01. The fraction of sp³-hybridized carbons (Fsp3) is 0.111. The summed E-state index contributed by atoms with van der Waals surface area (Å²) in [5.74, 6) is 1.14. The minimum Gasteiger partial charge on any atom is -0.367 e. The lowest BCUT2D eigenvalue weighted by molar-refractivity contribution is 0.0954. The van der Waals surface area contributed by atoms with Gasteiger partial charge in [0.25, 0.3) is 5.91 Å². The smallest absolute Gasteiger partial charge is 0.252 e. The monoisotopic (exact) mass is 412 g/mol. The number of anilines is 3. The Hall–Kier alpha value is -3.00. The summed E-state index contributed by atoms with van der Waals surface area (Å²) in [5, 5.41) is 17.3. The number of aromatic nitrogens is 3. The molecule has 0 atom stereocenters. The summed E-state index contributed by atoms with van der Waals surface area (Å²) in [6, 6.07) is 14.7. The van der Waals surface area contributed by atoms with E-state index in [0.717, 1.165) is 10.2 Å². The number of hydrogen-bond donors (Lipinski definition) is 3. The number of rotatable bonds is 7. The predicted molar refractivity (Wildman–Crippen MR) is 105 cm³/mol. The molecule has 0 radical (unpaired) electrons. The Morgan fingerprint density at radius 2 is 1.77 bits per heavy atom. The third-order valence-corrected chi connectivity index (χ3v) is 4.13. The van der Waals surface area contributed by atoms with Gasteiger partial charge < -0.3 is 16.0 Å². The minimum atomic E-state index is -0.124. The third-order valence-electron chi connectivity index (χ3n) is 3.43. The highest BCUT2D eigenvalue weighted by Crippen LogP contribution is 2.15. The van der Waals surface area contributed by atoms with Gasteiger partial charge in [-0.05, 0) is 52.3 Å². The second-order valence-corrected chi connectivity index (χ2v) is 6.19. The molecule has 7 nitrogen and oxygen atoms in total. The van der Waals surface area contributed by atoms with E-state index in [1.807, 2.05) is 42.5 Å². The topological polar surface area (TPSA) is 91.8 Å². The van der Waals surface area contributed by atoms with Crippen LogP contribution in [0.2, 0.25) is 0 Å². The molecule has 0 aliphatic carbocycles. The van der Waals surface area contributed by atoms with Crippen molar-refractivity contribution in [3.05, 3.63) is 71.0 Å². The molecule has 3 aromatic rings. The van der Waals surface area contributed by atoms with Gasteiger partial charge in [-0.3, -0.25) is 9.78 Å². The minimum absolute atomic E-state index is 0.124. The van der Waals surface area contributed by atoms with Crippen molar-refractivity contribution in [2.24, 2.45) is 0 Å². The van der Waals surface area contributed by atoms with Crippen LogP contribution >= 0.6 is 15.9 Å². The van der Waals surface area contributed by atoms with Gasteiger partial charge in [-0.2, -0.15) is 0 Å². The van der Waals surface area contributed by atoms with E-state index < -0.39 is 0 Å². The van der Waals surface area contributed by atoms with Crippen molar-refractivity contribution >= 4 is 39.2 Å². The second-order valence-electron chi connectivity index (χ2n) is 5.33. The number of carbonyl (C=O) groups is 1. The number of nitrogens with zero attached hydrogens (tertiary/aromatic N) is 3. The van der Waals surface area contributed by atoms with Gasteiger partial charge in [-0.1, -0.05) is 12.1 Å². The van der Waals surface area contributed by atoms with Crippen molar-refractivity contribution in [3.8, 4) is 0 Å². The Morgan fingerprint density at radius 3 is 2.50 bits per heavy atom. The molecule has 0 saturated heterocycles. The number of carbonyl (C=O) groups excluding carboxylic acids is 1. The molecule has 3 N–H and O–H groups in total. The highest BCUT2D eigenvalue weighted by molar-refractivity contribution is 9.10. The summed E-state index contributed by atoms with van der Waals surface area (Å²) in [5.41, 5.74) is 1.45. The first-order valence-corrected chi connectivity index (χ1v) is 8.79. The van der Waals surface area contributed by atoms with E-state index in [0.29, 0.717) is 30.3 Å². The van der Waals surface area contributed by atoms with Crippen LogP contribution in [0.15, 0.2) is 65.4 Å². The summed E-state index contributed by atoms with van der Waals surface area (Å²) in [7, 11) is 0. The molecule has 0 spiro atoms. The Morgan fingerprint density at radius 1 is 0.962 bits per heavy atom. The Balaban J connectivity index is 1.44. The van der Waals surface area contributed by atoms with Crippen molar-refractivity contribution in [2.45, 2.75) is 0 Å². The Kier molecular flexibility index (Phi) is 6.10. The zero-order valence-electron chi connectivity index (χ0n) is 13.8. The normalized spacial score (nSPS) is 10.2. The molecule has 2 heterocycles. The molecule has 132 valence electrons. The predicted octanol–water partition coefficient (Wildman–Crippen LogP) is 3.22. The average Bonchev–Trinajstić information content (AvgIpc) is 2.67. The molecule has 3 rings (SSSR count). The van der Waals surface area contributed by atoms with Gasteiger partial charge in [0.2, 0.25) is 0 Å². The largest absolute Gasteiger partial charge is 0.367 e. The Bertz CT molecular complexity index is 857. The van der Waals surface area contributed by atoms with Crippen LogP contribution in [0.1, 0.15) is 10.4 Å². The molecule has 1 amide bonds. The number of benzene rings is 1. The highest BCUT2D eigenvalue weighted by Gasteiger charge is 2.07. The number of halogens is 1. The molecule has 0 unspecified atom stereocenters. The number of amides is 1. The first-order chi connectivity index (χ1) is 12.7. The van der Waals surface area contributed by atoms with Crippen molar-refractivity contribution < 1.29 is 4.79 Å². The summed E-state index contributed by atoms with van der Waals surface area (Å²) < 4.78 is 0.771. The SMILES string of the molecule is O=C(NCCNc1ccc(Nc2cccnc2)nn1)c1ccccc1Br. The first kappa shape index (κ1) is 17.8. The number of pyridine rings is 1.